The summed E-state index contributed by atoms with van der Waals surface area (Å²) in [7, 11) is 0. The van der Waals surface area contributed by atoms with Crippen LogP contribution in [0.25, 0.3) is 0 Å². The van der Waals surface area contributed by atoms with E-state index in [9.17, 15) is 0 Å². The summed E-state index contributed by atoms with van der Waals surface area (Å²) in [5.74, 6) is 0. The van der Waals surface area contributed by atoms with Gasteiger partial charge in [-0.2, -0.15) is 0 Å². The molecule has 0 amide bonds. The van der Waals surface area contributed by atoms with E-state index in [0.717, 1.165) is 5.41 Å². The van der Waals surface area contributed by atoms with Crippen LogP contribution in [-0.2, 0) is 0 Å². The molecule has 0 aromatic heterocycles. The molecule has 0 aromatic carbocycles. The monoisotopic (exact) mass is 302 g/mol. The van der Waals surface area contributed by atoms with Gasteiger partial charge >= 0.3 is 0 Å². The van der Waals surface area contributed by atoms with Crippen molar-refractivity contribution >= 4 is 0 Å². The van der Waals surface area contributed by atoms with Gasteiger partial charge in [-0.1, -0.05) is 19.4 Å². The standard InChI is InChI=1S/C20H34N2/c1-4-21-13-15-22(16-14-21)18(3)17(2)19-7-5-6-9-20(10-8-19)11-12-20/h8H,4-7,9-16H2,1-3H3/b18-17-,19-8+. The van der Waals surface area contributed by atoms with Crippen molar-refractivity contribution in [1.29, 1.82) is 0 Å². The molecule has 2 nitrogen and oxygen atoms in total. The van der Waals surface area contributed by atoms with Crippen LogP contribution in [0.4, 0.5) is 0 Å². The quantitative estimate of drug-likeness (QED) is 0.752. The fourth-order valence-corrected chi connectivity index (χ4v) is 4.20. The highest BCUT2D eigenvalue weighted by Crippen LogP contribution is 2.54. The van der Waals surface area contributed by atoms with Gasteiger partial charge in [-0.05, 0) is 75.5 Å². The molecule has 0 bridgehead atoms. The van der Waals surface area contributed by atoms with Crippen LogP contribution in [0, 0.1) is 5.41 Å². The molecule has 1 saturated heterocycles. The maximum Gasteiger partial charge on any atom is 0.0303 e. The Kier molecular flexibility index (Phi) is 4.97. The van der Waals surface area contributed by atoms with Gasteiger partial charge in [0.15, 0.2) is 0 Å². The normalized spacial score (nSPS) is 29.4. The second kappa shape index (κ2) is 6.78. The topological polar surface area (TPSA) is 6.48 Å². The third-order valence-electron chi connectivity index (χ3n) is 6.46. The highest BCUT2D eigenvalue weighted by molar-refractivity contribution is 5.33. The van der Waals surface area contributed by atoms with E-state index in [1.807, 2.05) is 0 Å². The highest BCUT2D eigenvalue weighted by Gasteiger charge is 2.41. The maximum absolute atomic E-state index is 2.62. The molecule has 3 aliphatic rings. The van der Waals surface area contributed by atoms with Crippen LogP contribution in [0.1, 0.15) is 65.7 Å². The molecule has 0 N–H and O–H groups in total. The van der Waals surface area contributed by atoms with Gasteiger partial charge in [-0.15, -0.1) is 0 Å². The number of likely N-dealkylation sites (N-methyl/N-ethyl adjacent to an activating group) is 1. The van der Waals surface area contributed by atoms with Gasteiger partial charge in [0.2, 0.25) is 0 Å². The second-order valence-electron chi connectivity index (χ2n) is 7.77. The maximum atomic E-state index is 2.62. The third kappa shape index (κ3) is 3.59. The molecular weight excluding hydrogens is 268 g/mol. The Morgan fingerprint density at radius 2 is 1.77 bits per heavy atom. The first-order valence-corrected chi connectivity index (χ1v) is 9.48. The fraction of sp³-hybridized carbons (Fsp3) is 0.800. The van der Waals surface area contributed by atoms with Crippen molar-refractivity contribution in [3.05, 3.63) is 22.9 Å². The van der Waals surface area contributed by atoms with E-state index >= 15 is 0 Å². The lowest BCUT2D eigenvalue weighted by Gasteiger charge is -2.37. The van der Waals surface area contributed by atoms with Gasteiger partial charge in [-0.3, -0.25) is 0 Å². The summed E-state index contributed by atoms with van der Waals surface area (Å²) in [6.07, 6.45) is 12.5. The summed E-state index contributed by atoms with van der Waals surface area (Å²) in [6.45, 7) is 13.0. The van der Waals surface area contributed by atoms with E-state index in [4.69, 9.17) is 0 Å². The first kappa shape index (κ1) is 16.1. The van der Waals surface area contributed by atoms with Crippen LogP contribution in [0.5, 0.6) is 0 Å². The van der Waals surface area contributed by atoms with Gasteiger partial charge < -0.3 is 9.80 Å². The summed E-state index contributed by atoms with van der Waals surface area (Å²) >= 11 is 0. The van der Waals surface area contributed by atoms with Crippen LogP contribution in [0.15, 0.2) is 22.9 Å². The largest absolute Gasteiger partial charge is 0.372 e. The molecule has 0 aromatic rings. The molecule has 1 spiro atoms. The van der Waals surface area contributed by atoms with E-state index in [1.54, 1.807) is 11.1 Å². The van der Waals surface area contributed by atoms with Crippen molar-refractivity contribution in [3.8, 4) is 0 Å². The molecular formula is C20H34N2. The lowest BCUT2D eigenvalue weighted by atomic mass is 9.87. The zero-order valence-corrected chi connectivity index (χ0v) is 15.0. The van der Waals surface area contributed by atoms with Crippen molar-refractivity contribution in [2.24, 2.45) is 5.41 Å². The summed E-state index contributed by atoms with van der Waals surface area (Å²) in [5, 5.41) is 0. The highest BCUT2D eigenvalue weighted by atomic mass is 15.3. The molecule has 0 radical (unpaired) electrons. The van der Waals surface area contributed by atoms with E-state index in [-0.39, 0.29) is 0 Å². The molecule has 124 valence electrons. The van der Waals surface area contributed by atoms with Gasteiger partial charge in [0.05, 0.1) is 0 Å². The molecule has 2 heteroatoms. The predicted molar refractivity (Wildman–Crippen MR) is 94.9 cm³/mol. The van der Waals surface area contributed by atoms with Gasteiger partial charge in [-0.25, -0.2) is 0 Å². The van der Waals surface area contributed by atoms with Crippen molar-refractivity contribution in [2.45, 2.75) is 65.7 Å². The Morgan fingerprint density at radius 3 is 2.41 bits per heavy atom. The summed E-state index contributed by atoms with van der Waals surface area (Å²) in [4.78, 5) is 5.18. The molecule has 2 aliphatic carbocycles. The minimum atomic E-state index is 0.729. The number of hydrogen-bond donors (Lipinski definition) is 0. The van der Waals surface area contributed by atoms with Crippen molar-refractivity contribution in [2.75, 3.05) is 32.7 Å². The Morgan fingerprint density at radius 1 is 1.05 bits per heavy atom. The lowest BCUT2D eigenvalue weighted by Crippen LogP contribution is -2.45. The second-order valence-corrected chi connectivity index (χ2v) is 7.77. The number of rotatable bonds is 3. The Hall–Kier alpha value is -0.760. The summed E-state index contributed by atoms with van der Waals surface area (Å²) in [6, 6.07) is 0. The van der Waals surface area contributed by atoms with Crippen LogP contribution < -0.4 is 0 Å². The van der Waals surface area contributed by atoms with Gasteiger partial charge in [0.1, 0.15) is 0 Å². The third-order valence-corrected chi connectivity index (χ3v) is 6.46. The summed E-state index contributed by atoms with van der Waals surface area (Å²) in [5.41, 5.74) is 5.49. The number of nitrogens with zero attached hydrogens (tertiary/aromatic N) is 2. The van der Waals surface area contributed by atoms with Gasteiger partial charge in [0, 0.05) is 31.9 Å². The first-order chi connectivity index (χ1) is 10.6. The number of allylic oxidation sites excluding steroid dienone is 4. The predicted octanol–water partition coefficient (Wildman–Crippen LogP) is 4.59. The average molecular weight is 303 g/mol. The molecule has 0 unspecified atom stereocenters. The SMILES string of the molecule is CCN1CCN(/C(C)=C(C)\C2=C\CC3(CCCC2)CC3)CC1. The molecule has 2 fully saturated rings. The number of piperazine rings is 1. The smallest absolute Gasteiger partial charge is 0.0303 e. The van der Waals surface area contributed by atoms with Crippen molar-refractivity contribution < 1.29 is 0 Å². The Bertz CT molecular complexity index is 448. The molecule has 3 rings (SSSR count). The Labute approximate surface area is 137 Å². The van der Waals surface area contributed by atoms with Crippen molar-refractivity contribution in [3.63, 3.8) is 0 Å². The molecule has 0 atom stereocenters. The van der Waals surface area contributed by atoms with E-state index in [1.165, 1.54) is 83.4 Å². The van der Waals surface area contributed by atoms with Crippen LogP contribution in [-0.4, -0.2) is 42.5 Å². The minimum absolute atomic E-state index is 0.729. The van der Waals surface area contributed by atoms with E-state index in [2.05, 4.69) is 36.6 Å². The average Bonchev–Trinajstić information content (AvgIpc) is 3.31. The first-order valence-electron chi connectivity index (χ1n) is 9.48. The zero-order chi connectivity index (χ0) is 15.6. The molecule has 22 heavy (non-hydrogen) atoms. The van der Waals surface area contributed by atoms with Crippen LogP contribution in [0.2, 0.25) is 0 Å². The van der Waals surface area contributed by atoms with Gasteiger partial charge in [0.25, 0.3) is 0 Å². The van der Waals surface area contributed by atoms with E-state index < -0.39 is 0 Å². The lowest BCUT2D eigenvalue weighted by molar-refractivity contribution is 0.164. The minimum Gasteiger partial charge on any atom is -0.372 e. The molecule has 1 aliphatic heterocycles. The fourth-order valence-electron chi connectivity index (χ4n) is 4.20. The van der Waals surface area contributed by atoms with Crippen LogP contribution in [0.3, 0.4) is 0 Å². The summed E-state index contributed by atoms with van der Waals surface area (Å²) < 4.78 is 0. The molecule has 1 saturated carbocycles. The van der Waals surface area contributed by atoms with Crippen LogP contribution >= 0.6 is 0 Å². The van der Waals surface area contributed by atoms with E-state index in [0.29, 0.717) is 0 Å². The number of hydrogen-bond acceptors (Lipinski definition) is 2. The van der Waals surface area contributed by atoms with Crippen molar-refractivity contribution in [1.82, 2.24) is 9.80 Å². The Balaban J connectivity index is 1.68. The zero-order valence-electron chi connectivity index (χ0n) is 15.0. The molecule has 1 heterocycles.